The van der Waals surface area contributed by atoms with Crippen LogP contribution in [-0.4, -0.2) is 24.9 Å². The third kappa shape index (κ3) is 4.61. The number of amides is 2. The van der Waals surface area contributed by atoms with Crippen molar-refractivity contribution in [2.75, 3.05) is 18.8 Å². The van der Waals surface area contributed by atoms with E-state index >= 15 is 0 Å². The van der Waals surface area contributed by atoms with E-state index in [0.717, 1.165) is 6.42 Å². The lowest BCUT2D eigenvalue weighted by Gasteiger charge is -2.09. The molecule has 0 bridgehead atoms. The number of hydrogen-bond donors (Lipinski definition) is 3. The van der Waals surface area contributed by atoms with Gasteiger partial charge in [-0.25, -0.2) is 0 Å². The average molecular weight is 304 g/mol. The fourth-order valence-electron chi connectivity index (χ4n) is 1.36. The van der Waals surface area contributed by atoms with Gasteiger partial charge in [-0.2, -0.15) is 0 Å². The van der Waals surface area contributed by atoms with Gasteiger partial charge in [-0.05, 0) is 18.6 Å². The van der Waals surface area contributed by atoms with Gasteiger partial charge in [0.2, 0.25) is 5.91 Å². The molecule has 0 saturated heterocycles. The van der Waals surface area contributed by atoms with Crippen LogP contribution in [0.1, 0.15) is 23.7 Å². The van der Waals surface area contributed by atoms with Crippen molar-refractivity contribution in [2.45, 2.75) is 13.3 Å². The fraction of sp³-hybridized carbons (Fsp3) is 0.333. The summed E-state index contributed by atoms with van der Waals surface area (Å²) in [7, 11) is 0. The summed E-state index contributed by atoms with van der Waals surface area (Å²) in [6.45, 7) is 2.38. The Morgan fingerprint density at radius 2 is 1.95 bits per heavy atom. The van der Waals surface area contributed by atoms with Crippen LogP contribution in [0.2, 0.25) is 10.0 Å². The van der Waals surface area contributed by atoms with E-state index in [4.69, 9.17) is 28.9 Å². The van der Waals surface area contributed by atoms with Gasteiger partial charge in [0, 0.05) is 12.2 Å². The molecule has 0 fully saturated rings. The molecule has 0 aliphatic heterocycles. The number of nitrogen functional groups attached to an aromatic ring is 1. The first-order chi connectivity index (χ1) is 8.95. The van der Waals surface area contributed by atoms with Crippen molar-refractivity contribution >= 4 is 40.7 Å². The molecule has 0 aromatic heterocycles. The summed E-state index contributed by atoms with van der Waals surface area (Å²) in [4.78, 5) is 23.2. The maximum atomic E-state index is 11.9. The lowest BCUT2D eigenvalue weighted by Crippen LogP contribution is -2.37. The summed E-state index contributed by atoms with van der Waals surface area (Å²) in [5.41, 5.74) is 6.06. The number of rotatable bonds is 5. The fourth-order valence-corrected chi connectivity index (χ4v) is 1.78. The van der Waals surface area contributed by atoms with Crippen molar-refractivity contribution in [1.29, 1.82) is 0 Å². The largest absolute Gasteiger partial charge is 0.399 e. The highest BCUT2D eigenvalue weighted by Crippen LogP contribution is 2.28. The van der Waals surface area contributed by atoms with Crippen molar-refractivity contribution in [3.63, 3.8) is 0 Å². The molecule has 0 radical (unpaired) electrons. The molecular formula is C12H15Cl2N3O2. The van der Waals surface area contributed by atoms with Gasteiger partial charge in [0.25, 0.3) is 5.91 Å². The lowest BCUT2D eigenvalue weighted by molar-refractivity contribution is -0.120. The number of carbonyl (C=O) groups is 2. The number of carbonyl (C=O) groups excluding carboxylic acids is 2. The van der Waals surface area contributed by atoms with Crippen LogP contribution in [0.25, 0.3) is 0 Å². The first-order valence-electron chi connectivity index (χ1n) is 5.75. The van der Waals surface area contributed by atoms with Crippen LogP contribution in [0.5, 0.6) is 0 Å². The van der Waals surface area contributed by atoms with Gasteiger partial charge in [0.1, 0.15) is 0 Å². The standard InChI is InChI=1S/C12H15Cl2N3O2/c1-2-3-16-10(18)6-17-12(19)8-4-7(15)5-9(13)11(8)14/h4-5H,2-3,6,15H2,1H3,(H,16,18)(H,17,19). The minimum absolute atomic E-state index is 0.113. The van der Waals surface area contributed by atoms with E-state index in [0.29, 0.717) is 12.2 Å². The van der Waals surface area contributed by atoms with Crippen molar-refractivity contribution < 1.29 is 9.59 Å². The van der Waals surface area contributed by atoms with Gasteiger partial charge in [0.05, 0.1) is 22.2 Å². The van der Waals surface area contributed by atoms with E-state index in [-0.39, 0.29) is 28.1 Å². The quantitative estimate of drug-likeness (QED) is 0.726. The Morgan fingerprint density at radius 1 is 1.26 bits per heavy atom. The highest BCUT2D eigenvalue weighted by molar-refractivity contribution is 6.44. The van der Waals surface area contributed by atoms with Gasteiger partial charge in [-0.1, -0.05) is 30.1 Å². The summed E-state index contributed by atoms with van der Waals surface area (Å²) < 4.78 is 0. The zero-order valence-electron chi connectivity index (χ0n) is 10.4. The Morgan fingerprint density at radius 3 is 2.58 bits per heavy atom. The van der Waals surface area contributed by atoms with Crippen LogP contribution in [0, 0.1) is 0 Å². The molecule has 2 amide bonds. The molecule has 7 heteroatoms. The molecule has 0 saturated carbocycles. The molecule has 4 N–H and O–H groups in total. The van der Waals surface area contributed by atoms with Crippen LogP contribution < -0.4 is 16.4 Å². The van der Waals surface area contributed by atoms with Crippen LogP contribution in [-0.2, 0) is 4.79 Å². The van der Waals surface area contributed by atoms with Crippen molar-refractivity contribution in [3.05, 3.63) is 27.7 Å². The SMILES string of the molecule is CCCNC(=O)CNC(=O)c1cc(N)cc(Cl)c1Cl. The van der Waals surface area contributed by atoms with E-state index < -0.39 is 5.91 Å². The number of hydrogen-bond acceptors (Lipinski definition) is 3. The molecule has 1 aromatic carbocycles. The molecule has 104 valence electrons. The van der Waals surface area contributed by atoms with E-state index in [9.17, 15) is 9.59 Å². The molecular weight excluding hydrogens is 289 g/mol. The predicted molar refractivity (Wildman–Crippen MR) is 76.5 cm³/mol. The smallest absolute Gasteiger partial charge is 0.253 e. The van der Waals surface area contributed by atoms with E-state index in [1.54, 1.807) is 0 Å². The number of nitrogens with one attached hydrogen (secondary N) is 2. The number of benzene rings is 1. The van der Waals surface area contributed by atoms with Crippen molar-refractivity contribution in [3.8, 4) is 0 Å². The second-order valence-corrected chi connectivity index (χ2v) is 4.68. The normalized spacial score (nSPS) is 10.1. The molecule has 5 nitrogen and oxygen atoms in total. The Bertz CT molecular complexity index is 492. The second-order valence-electron chi connectivity index (χ2n) is 3.90. The second kappa shape index (κ2) is 7.21. The summed E-state index contributed by atoms with van der Waals surface area (Å²) in [5, 5.41) is 5.40. The minimum Gasteiger partial charge on any atom is -0.399 e. The monoisotopic (exact) mass is 303 g/mol. The summed E-state index contributed by atoms with van der Waals surface area (Å²) in [5.74, 6) is -0.757. The van der Waals surface area contributed by atoms with Gasteiger partial charge in [-0.15, -0.1) is 0 Å². The number of nitrogens with two attached hydrogens (primary N) is 1. The maximum Gasteiger partial charge on any atom is 0.253 e. The van der Waals surface area contributed by atoms with Crippen molar-refractivity contribution in [2.24, 2.45) is 0 Å². The number of halogens is 2. The summed E-state index contributed by atoms with van der Waals surface area (Å²) in [6.07, 6.45) is 0.830. The number of anilines is 1. The Hall–Kier alpha value is -1.46. The Kier molecular flexibility index (Phi) is 5.92. The molecule has 0 atom stereocenters. The maximum absolute atomic E-state index is 11.9. The van der Waals surface area contributed by atoms with Crippen LogP contribution in [0.3, 0.4) is 0 Å². The average Bonchev–Trinajstić information content (AvgIpc) is 2.37. The first-order valence-corrected chi connectivity index (χ1v) is 6.50. The van der Waals surface area contributed by atoms with Crippen LogP contribution in [0.4, 0.5) is 5.69 Å². The summed E-state index contributed by atoms with van der Waals surface area (Å²) >= 11 is 11.7. The van der Waals surface area contributed by atoms with Gasteiger partial charge in [-0.3, -0.25) is 9.59 Å². The molecule has 0 aliphatic carbocycles. The third-order valence-corrected chi connectivity index (χ3v) is 3.08. The molecule has 0 heterocycles. The molecule has 1 aromatic rings. The zero-order valence-corrected chi connectivity index (χ0v) is 11.9. The van der Waals surface area contributed by atoms with E-state index in [1.807, 2.05) is 6.92 Å². The van der Waals surface area contributed by atoms with Crippen LogP contribution in [0.15, 0.2) is 12.1 Å². The van der Waals surface area contributed by atoms with E-state index in [2.05, 4.69) is 10.6 Å². The highest BCUT2D eigenvalue weighted by atomic mass is 35.5. The molecule has 0 spiro atoms. The molecule has 0 aliphatic rings. The third-order valence-electron chi connectivity index (χ3n) is 2.28. The molecule has 1 rings (SSSR count). The Balaban J connectivity index is 2.66. The van der Waals surface area contributed by atoms with Gasteiger partial charge >= 0.3 is 0 Å². The van der Waals surface area contributed by atoms with Crippen LogP contribution >= 0.6 is 23.2 Å². The van der Waals surface area contributed by atoms with Gasteiger partial charge < -0.3 is 16.4 Å². The zero-order chi connectivity index (χ0) is 14.4. The molecule has 19 heavy (non-hydrogen) atoms. The Labute approximate surface area is 121 Å². The van der Waals surface area contributed by atoms with Crippen molar-refractivity contribution in [1.82, 2.24) is 10.6 Å². The highest BCUT2D eigenvalue weighted by Gasteiger charge is 2.14. The molecule has 0 unspecified atom stereocenters. The lowest BCUT2D eigenvalue weighted by atomic mass is 10.2. The topological polar surface area (TPSA) is 84.2 Å². The van der Waals surface area contributed by atoms with E-state index in [1.165, 1.54) is 12.1 Å². The predicted octanol–water partition coefficient (Wildman–Crippen LogP) is 1.83. The first kappa shape index (κ1) is 15.6. The summed E-state index contributed by atoms with van der Waals surface area (Å²) in [6, 6.07) is 2.86. The van der Waals surface area contributed by atoms with Gasteiger partial charge in [0.15, 0.2) is 0 Å². The minimum atomic E-state index is -0.495.